The van der Waals surface area contributed by atoms with Crippen LogP contribution < -0.4 is 10.6 Å². The molecule has 2 N–H and O–H groups in total. The summed E-state index contributed by atoms with van der Waals surface area (Å²) >= 11 is 0. The van der Waals surface area contributed by atoms with Crippen molar-refractivity contribution in [3.05, 3.63) is 23.8 Å². The Kier molecular flexibility index (Phi) is 1.90. The molecule has 1 heterocycles. The summed E-state index contributed by atoms with van der Waals surface area (Å²) in [7, 11) is -3.41. The van der Waals surface area contributed by atoms with E-state index in [-0.39, 0.29) is 22.4 Å². The van der Waals surface area contributed by atoms with Crippen molar-refractivity contribution in [3.8, 4) is 0 Å². The van der Waals surface area contributed by atoms with Crippen LogP contribution in [0.2, 0.25) is 0 Å². The van der Waals surface area contributed by atoms with E-state index in [1.165, 1.54) is 18.2 Å². The highest BCUT2D eigenvalue weighted by Gasteiger charge is 2.49. The lowest BCUT2D eigenvalue weighted by Gasteiger charge is -2.21. The minimum atomic E-state index is -3.41. The van der Waals surface area contributed by atoms with Crippen molar-refractivity contribution in [2.45, 2.75) is 23.3 Å². The van der Waals surface area contributed by atoms with E-state index < -0.39 is 28.8 Å². The van der Waals surface area contributed by atoms with Gasteiger partial charge in [-0.2, -0.15) is 0 Å². The number of nitrogens with two attached hydrogens (primary N) is 1. The fraction of sp³-hybridized carbons (Fsp3) is 0.462. The molecule has 0 aromatic heterocycles. The minimum Gasteiger partial charge on any atom is -0.320 e. The Bertz CT molecular complexity index is 760. The van der Waals surface area contributed by atoms with Crippen molar-refractivity contribution < 1.29 is 17.3 Å². The lowest BCUT2D eigenvalue weighted by molar-refractivity contribution is -0.119. The molecule has 3 atom stereocenters. The van der Waals surface area contributed by atoms with Crippen LogP contribution in [0.4, 0.5) is 5.69 Å². The van der Waals surface area contributed by atoms with Gasteiger partial charge in [0.15, 0.2) is 9.84 Å². The Labute approximate surface area is 116 Å². The van der Waals surface area contributed by atoms with Crippen LogP contribution in [0.3, 0.4) is 0 Å². The Balaban J connectivity index is 2.22. The van der Waals surface area contributed by atoms with Crippen LogP contribution in [0, 0.1) is 5.92 Å². The fourth-order valence-electron chi connectivity index (χ4n) is 2.68. The first kappa shape index (κ1) is 9.50. The zero-order chi connectivity index (χ0) is 16.4. The standard InChI is InChI=1S/C13H16N2O3S/c1-15-11-4-3-7(19(2,17)18)5-9(11)8-6-10(8)12(14)13(15)16/h3-5,8,10,12H,6,14H2,1-2H3/t8-,10-,12-/m0/s1/i1D3. The van der Waals surface area contributed by atoms with Crippen LogP contribution in [0.1, 0.15) is 22.0 Å². The Morgan fingerprint density at radius 3 is 2.84 bits per heavy atom. The number of sulfone groups is 1. The van der Waals surface area contributed by atoms with Gasteiger partial charge in [0, 0.05) is 23.0 Å². The van der Waals surface area contributed by atoms with Gasteiger partial charge >= 0.3 is 0 Å². The highest BCUT2D eigenvalue weighted by molar-refractivity contribution is 7.90. The third kappa shape index (κ3) is 1.86. The predicted octanol–water partition coefficient (Wildman–Crippen LogP) is 0.497. The van der Waals surface area contributed by atoms with Gasteiger partial charge < -0.3 is 10.6 Å². The van der Waals surface area contributed by atoms with Crippen molar-refractivity contribution in [2.24, 2.45) is 11.7 Å². The number of amides is 1. The first-order valence-electron chi connectivity index (χ1n) is 7.45. The largest absolute Gasteiger partial charge is 0.320 e. The van der Waals surface area contributed by atoms with Gasteiger partial charge in [-0.15, -0.1) is 0 Å². The molecule has 1 aliphatic carbocycles. The number of fused-ring (bicyclic) bond motifs is 3. The van der Waals surface area contributed by atoms with Crippen LogP contribution in [0.5, 0.6) is 0 Å². The molecule has 1 saturated carbocycles. The second-order valence-electron chi connectivity index (χ2n) is 5.20. The highest BCUT2D eigenvalue weighted by Crippen LogP contribution is 2.54. The van der Waals surface area contributed by atoms with E-state index in [1.54, 1.807) is 0 Å². The van der Waals surface area contributed by atoms with Crippen molar-refractivity contribution in [1.29, 1.82) is 0 Å². The van der Waals surface area contributed by atoms with Crippen LogP contribution >= 0.6 is 0 Å². The van der Waals surface area contributed by atoms with E-state index in [9.17, 15) is 13.2 Å². The summed E-state index contributed by atoms with van der Waals surface area (Å²) in [6.07, 6.45) is 1.76. The molecule has 19 heavy (non-hydrogen) atoms. The number of hydrogen-bond donors (Lipinski definition) is 1. The summed E-state index contributed by atoms with van der Waals surface area (Å²) < 4.78 is 46.2. The van der Waals surface area contributed by atoms with Crippen LogP contribution in [-0.4, -0.2) is 33.6 Å². The first-order valence-corrected chi connectivity index (χ1v) is 7.84. The zero-order valence-corrected chi connectivity index (χ0v) is 11.1. The lowest BCUT2D eigenvalue weighted by atomic mass is 10.1. The van der Waals surface area contributed by atoms with E-state index in [0.717, 1.165) is 11.2 Å². The SMILES string of the molecule is [2H]C([2H])([2H])N1C(=O)[C@@H](N)[C@H]2C[C@H]2c2cc(S(C)(=O)=O)ccc21. The normalized spacial score (nSPS) is 32.5. The van der Waals surface area contributed by atoms with Crippen LogP contribution in [0.25, 0.3) is 0 Å². The topological polar surface area (TPSA) is 80.5 Å². The molecule has 6 heteroatoms. The molecular formula is C13H16N2O3S. The summed E-state index contributed by atoms with van der Waals surface area (Å²) in [5.41, 5.74) is 6.70. The molecule has 1 fully saturated rings. The second-order valence-corrected chi connectivity index (χ2v) is 7.21. The van der Waals surface area contributed by atoms with E-state index in [0.29, 0.717) is 12.0 Å². The maximum absolute atomic E-state index is 12.4. The van der Waals surface area contributed by atoms with E-state index in [1.807, 2.05) is 0 Å². The molecule has 0 bridgehead atoms. The Morgan fingerprint density at radius 2 is 2.21 bits per heavy atom. The van der Waals surface area contributed by atoms with Gasteiger partial charge in [-0.1, -0.05) is 0 Å². The summed E-state index contributed by atoms with van der Waals surface area (Å²) in [6, 6.07) is 3.32. The van der Waals surface area contributed by atoms with E-state index in [4.69, 9.17) is 9.85 Å². The summed E-state index contributed by atoms with van der Waals surface area (Å²) in [5, 5.41) is 0. The minimum absolute atomic E-state index is 0.0667. The van der Waals surface area contributed by atoms with Gasteiger partial charge in [-0.05, 0) is 42.0 Å². The summed E-state index contributed by atoms with van der Waals surface area (Å²) in [5.74, 6) is -0.838. The van der Waals surface area contributed by atoms with Crippen molar-refractivity contribution in [2.75, 3.05) is 18.1 Å². The van der Waals surface area contributed by atoms with E-state index in [2.05, 4.69) is 0 Å². The van der Waals surface area contributed by atoms with Gasteiger partial charge in [-0.3, -0.25) is 4.79 Å². The molecule has 0 radical (unpaired) electrons. The maximum atomic E-state index is 12.4. The number of nitrogens with zero attached hydrogens (tertiary/aromatic N) is 1. The van der Waals surface area contributed by atoms with E-state index >= 15 is 0 Å². The molecule has 1 amide bonds. The molecule has 102 valence electrons. The maximum Gasteiger partial charge on any atom is 0.243 e. The number of benzene rings is 1. The van der Waals surface area contributed by atoms with Crippen LogP contribution in [0.15, 0.2) is 23.1 Å². The van der Waals surface area contributed by atoms with Gasteiger partial charge in [0.05, 0.1) is 10.9 Å². The zero-order valence-electron chi connectivity index (χ0n) is 13.3. The average molecular weight is 283 g/mol. The van der Waals surface area contributed by atoms with Gasteiger partial charge in [0.1, 0.15) is 0 Å². The number of anilines is 1. The van der Waals surface area contributed by atoms with Gasteiger partial charge in [0.2, 0.25) is 5.91 Å². The molecule has 5 nitrogen and oxygen atoms in total. The Hall–Kier alpha value is -1.40. The van der Waals surface area contributed by atoms with Gasteiger partial charge in [0.25, 0.3) is 0 Å². The molecule has 1 aliphatic heterocycles. The molecule has 0 unspecified atom stereocenters. The molecule has 3 rings (SSSR count). The monoisotopic (exact) mass is 283 g/mol. The number of carbonyl (C=O) groups excluding carboxylic acids is 1. The molecule has 1 aromatic carbocycles. The number of carbonyl (C=O) groups is 1. The predicted molar refractivity (Wildman–Crippen MR) is 71.8 cm³/mol. The van der Waals surface area contributed by atoms with Crippen molar-refractivity contribution in [1.82, 2.24) is 0 Å². The quantitative estimate of drug-likeness (QED) is 0.813. The molecule has 0 saturated heterocycles. The molecule has 1 aromatic rings. The van der Waals surface area contributed by atoms with Crippen molar-refractivity contribution in [3.63, 3.8) is 0 Å². The average Bonchev–Trinajstić information content (AvgIpc) is 3.15. The number of likely N-dealkylation sites (N-methyl/N-ethyl adjacent to an activating group) is 1. The fourth-order valence-corrected chi connectivity index (χ4v) is 3.34. The third-order valence-electron chi connectivity index (χ3n) is 3.87. The number of rotatable bonds is 1. The molecular weight excluding hydrogens is 264 g/mol. The summed E-state index contributed by atoms with van der Waals surface area (Å²) in [4.78, 5) is 13.2. The third-order valence-corrected chi connectivity index (χ3v) is 4.98. The lowest BCUT2D eigenvalue weighted by Crippen LogP contribution is -2.42. The first-order chi connectivity index (χ1) is 10.0. The Morgan fingerprint density at radius 1 is 1.47 bits per heavy atom. The molecule has 2 aliphatic rings. The van der Waals surface area contributed by atoms with Crippen LogP contribution in [-0.2, 0) is 14.6 Å². The van der Waals surface area contributed by atoms with Crippen molar-refractivity contribution >= 4 is 21.4 Å². The highest BCUT2D eigenvalue weighted by atomic mass is 32.2. The summed E-state index contributed by atoms with van der Waals surface area (Å²) in [6.45, 7) is -2.66. The number of hydrogen-bond acceptors (Lipinski definition) is 4. The smallest absolute Gasteiger partial charge is 0.243 e. The molecule has 0 spiro atoms. The second kappa shape index (κ2) is 3.80. The van der Waals surface area contributed by atoms with Gasteiger partial charge in [-0.25, -0.2) is 8.42 Å².